The number of hydrogen-bond donors (Lipinski definition) is 0. The minimum absolute atomic E-state index is 0.548. The van der Waals surface area contributed by atoms with Gasteiger partial charge in [0.1, 0.15) is 0 Å². The Kier molecular flexibility index (Phi) is 3.34. The van der Waals surface area contributed by atoms with Crippen LogP contribution in [0.1, 0.15) is 25.3 Å². The van der Waals surface area contributed by atoms with Crippen molar-refractivity contribution in [2.75, 3.05) is 19.6 Å². The number of piperidine rings is 1. The zero-order chi connectivity index (χ0) is 12.8. The summed E-state index contributed by atoms with van der Waals surface area (Å²) in [4.78, 5) is 2.62. The number of nitrogens with zero attached hydrogens (tertiary/aromatic N) is 1. The molecule has 3 rings (SSSR count). The summed E-state index contributed by atoms with van der Waals surface area (Å²) in [6.45, 7) is 6.08. The standard InChI is InChI=1S/C15H19Cl2N/c1-2-5-18-9-12-8-15(12,10-18)7-11-3-4-13(16)14(17)6-11/h3-4,6,12H,2,5,7-10H2,1H3/t12-,15+/m1/s1. The van der Waals surface area contributed by atoms with Gasteiger partial charge >= 0.3 is 0 Å². The molecule has 1 saturated heterocycles. The summed E-state index contributed by atoms with van der Waals surface area (Å²) in [7, 11) is 0. The molecule has 1 aromatic rings. The van der Waals surface area contributed by atoms with E-state index in [2.05, 4.69) is 17.9 Å². The monoisotopic (exact) mass is 283 g/mol. The average Bonchev–Trinajstić information content (AvgIpc) is 2.86. The van der Waals surface area contributed by atoms with E-state index in [1.54, 1.807) is 0 Å². The molecule has 0 amide bonds. The first-order valence-corrected chi connectivity index (χ1v) is 7.55. The van der Waals surface area contributed by atoms with Crippen LogP contribution in [0.25, 0.3) is 0 Å². The highest BCUT2D eigenvalue weighted by molar-refractivity contribution is 6.42. The van der Waals surface area contributed by atoms with Gasteiger partial charge in [0.2, 0.25) is 0 Å². The van der Waals surface area contributed by atoms with Crippen molar-refractivity contribution in [2.24, 2.45) is 11.3 Å². The Labute approximate surface area is 119 Å². The van der Waals surface area contributed by atoms with Crippen molar-refractivity contribution in [3.63, 3.8) is 0 Å². The highest BCUT2D eigenvalue weighted by Gasteiger charge is 2.58. The van der Waals surface area contributed by atoms with Crippen LogP contribution in [0.2, 0.25) is 10.0 Å². The maximum Gasteiger partial charge on any atom is 0.0595 e. The third kappa shape index (κ3) is 2.29. The predicted octanol–water partition coefficient (Wildman–Crippen LogP) is 4.27. The lowest BCUT2D eigenvalue weighted by Gasteiger charge is -2.20. The van der Waals surface area contributed by atoms with Gasteiger partial charge in [0.15, 0.2) is 0 Å². The number of fused-ring (bicyclic) bond motifs is 1. The molecule has 1 aromatic carbocycles. The fraction of sp³-hybridized carbons (Fsp3) is 0.600. The Morgan fingerprint density at radius 2 is 2.17 bits per heavy atom. The first kappa shape index (κ1) is 12.8. The zero-order valence-corrected chi connectivity index (χ0v) is 12.3. The van der Waals surface area contributed by atoms with Crippen molar-refractivity contribution < 1.29 is 0 Å². The lowest BCUT2D eigenvalue weighted by molar-refractivity contribution is 0.280. The van der Waals surface area contributed by atoms with Gasteiger partial charge in [-0.1, -0.05) is 36.2 Å². The second-order valence-electron chi connectivity index (χ2n) is 5.92. The van der Waals surface area contributed by atoms with Crippen LogP contribution in [-0.4, -0.2) is 24.5 Å². The van der Waals surface area contributed by atoms with Crippen molar-refractivity contribution >= 4 is 23.2 Å². The van der Waals surface area contributed by atoms with Crippen LogP contribution < -0.4 is 0 Å². The van der Waals surface area contributed by atoms with Gasteiger partial charge in [0, 0.05) is 13.1 Å². The summed E-state index contributed by atoms with van der Waals surface area (Å²) in [6.07, 6.45) is 3.82. The molecule has 1 heterocycles. The largest absolute Gasteiger partial charge is 0.302 e. The lowest BCUT2D eigenvalue weighted by Crippen LogP contribution is -2.26. The van der Waals surface area contributed by atoms with E-state index < -0.39 is 0 Å². The summed E-state index contributed by atoms with van der Waals surface area (Å²) in [5, 5.41) is 1.34. The van der Waals surface area contributed by atoms with Gasteiger partial charge < -0.3 is 4.90 Å². The fourth-order valence-electron chi connectivity index (χ4n) is 3.52. The second kappa shape index (κ2) is 4.70. The van der Waals surface area contributed by atoms with E-state index >= 15 is 0 Å². The van der Waals surface area contributed by atoms with Gasteiger partial charge in [0.05, 0.1) is 10.0 Å². The molecular formula is C15H19Cl2N. The fourth-order valence-corrected chi connectivity index (χ4v) is 3.84. The van der Waals surface area contributed by atoms with Gasteiger partial charge in [0.25, 0.3) is 0 Å². The SMILES string of the molecule is CCCN1C[C@H]2C[C@@]2(Cc2ccc(Cl)c(Cl)c2)C1. The first-order valence-electron chi connectivity index (χ1n) is 6.79. The van der Waals surface area contributed by atoms with Gasteiger partial charge in [-0.3, -0.25) is 0 Å². The number of hydrogen-bond acceptors (Lipinski definition) is 1. The maximum atomic E-state index is 6.09. The van der Waals surface area contributed by atoms with Crippen molar-refractivity contribution in [1.29, 1.82) is 0 Å². The van der Waals surface area contributed by atoms with Crippen LogP contribution in [0, 0.1) is 11.3 Å². The van der Waals surface area contributed by atoms with Gasteiger partial charge in [-0.2, -0.15) is 0 Å². The Bertz CT molecular complexity index is 460. The molecule has 1 nitrogen and oxygen atoms in total. The van der Waals surface area contributed by atoms with Crippen molar-refractivity contribution in [1.82, 2.24) is 4.90 Å². The number of benzene rings is 1. The molecule has 2 atom stereocenters. The molecule has 0 N–H and O–H groups in total. The normalized spacial score (nSPS) is 30.5. The van der Waals surface area contributed by atoms with E-state index in [-0.39, 0.29) is 0 Å². The molecule has 0 aromatic heterocycles. The topological polar surface area (TPSA) is 3.24 Å². The molecule has 0 radical (unpaired) electrons. The first-order chi connectivity index (χ1) is 8.63. The second-order valence-corrected chi connectivity index (χ2v) is 6.74. The van der Waals surface area contributed by atoms with Crippen LogP contribution in [0.3, 0.4) is 0 Å². The minimum atomic E-state index is 0.548. The molecule has 1 saturated carbocycles. The summed E-state index contributed by atoms with van der Waals surface area (Å²) in [6, 6.07) is 6.09. The third-order valence-electron chi connectivity index (χ3n) is 4.46. The van der Waals surface area contributed by atoms with E-state index in [9.17, 15) is 0 Å². The van der Waals surface area contributed by atoms with Gasteiger partial charge in [-0.05, 0) is 54.8 Å². The van der Waals surface area contributed by atoms with Crippen LogP contribution in [-0.2, 0) is 6.42 Å². The zero-order valence-electron chi connectivity index (χ0n) is 10.8. The molecule has 1 aliphatic heterocycles. The Balaban J connectivity index is 1.69. The quantitative estimate of drug-likeness (QED) is 0.798. The summed E-state index contributed by atoms with van der Waals surface area (Å²) < 4.78 is 0. The van der Waals surface area contributed by atoms with Crippen molar-refractivity contribution in [3.05, 3.63) is 33.8 Å². The van der Waals surface area contributed by atoms with E-state index in [1.165, 1.54) is 38.0 Å². The van der Waals surface area contributed by atoms with Gasteiger partial charge in [-0.25, -0.2) is 0 Å². The van der Waals surface area contributed by atoms with E-state index in [0.717, 1.165) is 12.3 Å². The van der Waals surface area contributed by atoms with E-state index in [1.807, 2.05) is 12.1 Å². The smallest absolute Gasteiger partial charge is 0.0595 e. The molecule has 0 unspecified atom stereocenters. The molecule has 1 aliphatic carbocycles. The van der Waals surface area contributed by atoms with Crippen LogP contribution in [0.15, 0.2) is 18.2 Å². The third-order valence-corrected chi connectivity index (χ3v) is 5.19. The Morgan fingerprint density at radius 1 is 1.33 bits per heavy atom. The van der Waals surface area contributed by atoms with Crippen LogP contribution in [0.5, 0.6) is 0 Å². The van der Waals surface area contributed by atoms with Crippen molar-refractivity contribution in [3.8, 4) is 0 Å². The van der Waals surface area contributed by atoms with Crippen molar-refractivity contribution in [2.45, 2.75) is 26.2 Å². The highest BCUT2D eigenvalue weighted by atomic mass is 35.5. The van der Waals surface area contributed by atoms with Gasteiger partial charge in [-0.15, -0.1) is 0 Å². The Hall–Kier alpha value is -0.240. The maximum absolute atomic E-state index is 6.09. The van der Waals surface area contributed by atoms with E-state index in [0.29, 0.717) is 15.5 Å². The number of halogens is 2. The molecule has 0 spiro atoms. The molecule has 18 heavy (non-hydrogen) atoms. The van der Waals surface area contributed by atoms with Crippen LogP contribution in [0.4, 0.5) is 0 Å². The molecule has 3 heteroatoms. The summed E-state index contributed by atoms with van der Waals surface area (Å²) in [5.41, 5.74) is 1.89. The number of rotatable bonds is 4. The van der Waals surface area contributed by atoms with E-state index in [4.69, 9.17) is 23.2 Å². The molecule has 2 aliphatic rings. The predicted molar refractivity (Wildman–Crippen MR) is 77.4 cm³/mol. The molecule has 98 valence electrons. The molecule has 2 fully saturated rings. The molecular weight excluding hydrogens is 265 g/mol. The molecule has 0 bridgehead atoms. The average molecular weight is 284 g/mol. The lowest BCUT2D eigenvalue weighted by atomic mass is 9.95. The number of likely N-dealkylation sites (tertiary alicyclic amines) is 1. The highest BCUT2D eigenvalue weighted by Crippen LogP contribution is 2.59. The Morgan fingerprint density at radius 3 is 2.89 bits per heavy atom. The minimum Gasteiger partial charge on any atom is -0.302 e. The summed E-state index contributed by atoms with van der Waals surface area (Å²) in [5.74, 6) is 0.915. The summed E-state index contributed by atoms with van der Waals surface area (Å²) >= 11 is 12.1. The van der Waals surface area contributed by atoms with Crippen LogP contribution >= 0.6 is 23.2 Å².